The fourth-order valence-electron chi connectivity index (χ4n) is 2.79. The number of benzene rings is 2. The molecule has 3 rings (SSSR count). The van der Waals surface area contributed by atoms with Crippen LogP contribution >= 0.6 is 22.6 Å². The number of amides is 1. The van der Waals surface area contributed by atoms with Crippen LogP contribution in [0, 0.1) is 21.0 Å². The van der Waals surface area contributed by atoms with Crippen LogP contribution in [-0.2, 0) is 0 Å². The van der Waals surface area contributed by atoms with Crippen LogP contribution in [0.15, 0.2) is 30.3 Å². The molecule has 1 aliphatic rings. The maximum atomic E-state index is 14.4. The molecule has 0 spiro atoms. The van der Waals surface area contributed by atoms with Gasteiger partial charge in [0.15, 0.2) is 11.6 Å². The summed E-state index contributed by atoms with van der Waals surface area (Å²) in [7, 11) is 0. The molecule has 1 fully saturated rings. The molecule has 2 aromatic rings. The molecule has 0 aliphatic carbocycles. The van der Waals surface area contributed by atoms with Gasteiger partial charge in [-0.25, -0.2) is 13.2 Å². The molecule has 1 aliphatic heterocycles. The monoisotopic (exact) mass is 491 g/mol. The van der Waals surface area contributed by atoms with E-state index in [1.165, 1.54) is 23.1 Å². The van der Waals surface area contributed by atoms with Crippen LogP contribution in [-0.4, -0.2) is 48.2 Å². The number of nitrogens with zero attached hydrogens (tertiary/aromatic N) is 1. The van der Waals surface area contributed by atoms with E-state index in [4.69, 9.17) is 5.11 Å². The molecule has 0 aromatic heterocycles. The van der Waals surface area contributed by atoms with Gasteiger partial charge in [-0.1, -0.05) is 0 Å². The van der Waals surface area contributed by atoms with Gasteiger partial charge in [0.25, 0.3) is 5.91 Å². The highest BCUT2D eigenvalue weighted by molar-refractivity contribution is 14.1. The first kappa shape index (κ1) is 19.9. The number of carbonyl (C=O) groups is 1. The Labute approximate surface area is 167 Å². The van der Waals surface area contributed by atoms with Gasteiger partial charge in [0, 0.05) is 29.2 Å². The topological polar surface area (TPSA) is 64.6 Å². The molecule has 1 saturated heterocycles. The number of halogens is 4. The van der Waals surface area contributed by atoms with E-state index in [-0.39, 0.29) is 23.9 Å². The average Bonchev–Trinajstić information content (AvgIpc) is 2.59. The molecule has 0 unspecified atom stereocenters. The molecule has 9 heteroatoms. The summed E-state index contributed by atoms with van der Waals surface area (Å²) >= 11 is 1.93. The molecule has 0 bridgehead atoms. The van der Waals surface area contributed by atoms with Crippen LogP contribution in [0.2, 0.25) is 0 Å². The first-order valence-corrected chi connectivity index (χ1v) is 9.32. The SMILES string of the molecule is O=C(c1ccc(F)c(F)c1Nc1ccc(I)cc1F)N1CC(NCCO)C1. The number of anilines is 2. The van der Waals surface area contributed by atoms with Crippen molar-refractivity contribution in [3.8, 4) is 0 Å². The number of likely N-dealkylation sites (tertiary alicyclic amines) is 1. The van der Waals surface area contributed by atoms with Gasteiger partial charge in [-0.15, -0.1) is 0 Å². The van der Waals surface area contributed by atoms with Crippen LogP contribution in [0.3, 0.4) is 0 Å². The van der Waals surface area contributed by atoms with Gasteiger partial charge < -0.3 is 20.6 Å². The summed E-state index contributed by atoms with van der Waals surface area (Å²) in [5.74, 6) is -3.49. The number of aliphatic hydroxyl groups is 1. The van der Waals surface area contributed by atoms with Gasteiger partial charge in [0.05, 0.1) is 23.5 Å². The summed E-state index contributed by atoms with van der Waals surface area (Å²) < 4.78 is 42.8. The Morgan fingerprint density at radius 1 is 1.19 bits per heavy atom. The number of aliphatic hydroxyl groups excluding tert-OH is 1. The molecule has 5 nitrogen and oxygen atoms in total. The highest BCUT2D eigenvalue weighted by Gasteiger charge is 2.33. The van der Waals surface area contributed by atoms with E-state index >= 15 is 0 Å². The van der Waals surface area contributed by atoms with Crippen molar-refractivity contribution in [1.29, 1.82) is 0 Å². The van der Waals surface area contributed by atoms with E-state index in [0.29, 0.717) is 23.2 Å². The fourth-order valence-corrected chi connectivity index (χ4v) is 3.24. The summed E-state index contributed by atoms with van der Waals surface area (Å²) in [4.78, 5) is 14.2. The van der Waals surface area contributed by atoms with Gasteiger partial charge in [-0.3, -0.25) is 4.79 Å². The third kappa shape index (κ3) is 4.36. The number of rotatable bonds is 6. The molecular formula is C18H17F3IN3O2. The lowest BCUT2D eigenvalue weighted by atomic mass is 10.0. The molecule has 27 heavy (non-hydrogen) atoms. The van der Waals surface area contributed by atoms with Gasteiger partial charge in [0.2, 0.25) is 0 Å². The minimum atomic E-state index is -1.24. The first-order valence-electron chi connectivity index (χ1n) is 8.24. The standard InChI is InChI=1S/C18H17F3IN3O2/c19-13-3-2-12(18(27)25-8-11(9-25)23-5-6-26)17(16(13)21)24-15-4-1-10(22)7-14(15)20/h1-4,7,11,23-24,26H,5-6,8-9H2. The zero-order chi connectivity index (χ0) is 19.6. The summed E-state index contributed by atoms with van der Waals surface area (Å²) in [6.45, 7) is 1.17. The van der Waals surface area contributed by atoms with Crippen LogP contribution < -0.4 is 10.6 Å². The normalized spacial score (nSPS) is 14.2. The second-order valence-corrected chi connectivity index (χ2v) is 7.36. The van der Waals surface area contributed by atoms with Crippen LogP contribution in [0.4, 0.5) is 24.5 Å². The van der Waals surface area contributed by atoms with Crippen molar-refractivity contribution in [1.82, 2.24) is 10.2 Å². The predicted octanol–water partition coefficient (Wildman–Crippen LogP) is 2.86. The van der Waals surface area contributed by atoms with Gasteiger partial charge in [-0.05, 0) is 52.9 Å². The number of nitrogens with one attached hydrogen (secondary N) is 2. The van der Waals surface area contributed by atoms with Crippen LogP contribution in [0.1, 0.15) is 10.4 Å². The summed E-state index contributed by atoms with van der Waals surface area (Å²) in [5, 5.41) is 14.4. The molecular weight excluding hydrogens is 474 g/mol. The molecule has 2 aromatic carbocycles. The molecule has 0 radical (unpaired) electrons. The minimum absolute atomic E-state index is 0.0107. The Kier molecular flexibility index (Phi) is 6.22. The zero-order valence-corrected chi connectivity index (χ0v) is 16.3. The summed E-state index contributed by atoms with van der Waals surface area (Å²) in [5.41, 5.74) is -0.528. The van der Waals surface area contributed by atoms with E-state index in [2.05, 4.69) is 10.6 Å². The molecule has 144 valence electrons. The lowest BCUT2D eigenvalue weighted by molar-refractivity contribution is 0.0563. The van der Waals surface area contributed by atoms with Crippen LogP contribution in [0.5, 0.6) is 0 Å². The van der Waals surface area contributed by atoms with E-state index in [1.807, 2.05) is 22.6 Å². The van der Waals surface area contributed by atoms with Crippen molar-refractivity contribution in [3.05, 3.63) is 56.9 Å². The van der Waals surface area contributed by atoms with Crippen molar-refractivity contribution in [3.63, 3.8) is 0 Å². The van der Waals surface area contributed by atoms with E-state index in [0.717, 1.165) is 6.07 Å². The quantitative estimate of drug-likeness (QED) is 0.545. The fraction of sp³-hybridized carbons (Fsp3) is 0.278. The Bertz CT molecular complexity index is 860. The number of carbonyl (C=O) groups excluding carboxylic acids is 1. The third-order valence-corrected chi connectivity index (χ3v) is 4.90. The molecule has 0 atom stereocenters. The van der Waals surface area contributed by atoms with Crippen molar-refractivity contribution < 1.29 is 23.1 Å². The largest absolute Gasteiger partial charge is 0.395 e. The smallest absolute Gasteiger partial charge is 0.256 e. The minimum Gasteiger partial charge on any atom is -0.395 e. The highest BCUT2D eigenvalue weighted by atomic mass is 127. The lowest BCUT2D eigenvalue weighted by Crippen LogP contribution is -2.60. The van der Waals surface area contributed by atoms with E-state index in [1.54, 1.807) is 6.07 Å². The predicted molar refractivity (Wildman–Crippen MR) is 104 cm³/mol. The molecule has 1 heterocycles. The zero-order valence-electron chi connectivity index (χ0n) is 14.1. The second kappa shape index (κ2) is 8.44. The lowest BCUT2D eigenvalue weighted by Gasteiger charge is -2.40. The van der Waals surface area contributed by atoms with Crippen molar-refractivity contribution in [2.24, 2.45) is 0 Å². The summed E-state index contributed by atoms with van der Waals surface area (Å²) in [6.07, 6.45) is 0. The molecule has 3 N–H and O–H groups in total. The van der Waals surface area contributed by atoms with Crippen molar-refractivity contribution in [2.45, 2.75) is 6.04 Å². The van der Waals surface area contributed by atoms with Gasteiger partial charge in [0.1, 0.15) is 5.82 Å². The Morgan fingerprint density at radius 2 is 1.93 bits per heavy atom. The summed E-state index contributed by atoms with van der Waals surface area (Å²) in [6, 6.07) is 6.35. The molecule has 1 amide bonds. The Morgan fingerprint density at radius 3 is 2.59 bits per heavy atom. The third-order valence-electron chi connectivity index (χ3n) is 4.23. The van der Waals surface area contributed by atoms with Gasteiger partial charge in [-0.2, -0.15) is 0 Å². The average molecular weight is 491 g/mol. The second-order valence-electron chi connectivity index (χ2n) is 6.12. The Hall–Kier alpha value is -1.85. The number of hydrogen-bond donors (Lipinski definition) is 3. The van der Waals surface area contributed by atoms with Crippen molar-refractivity contribution in [2.75, 3.05) is 31.6 Å². The molecule has 0 saturated carbocycles. The highest BCUT2D eigenvalue weighted by Crippen LogP contribution is 2.30. The van der Waals surface area contributed by atoms with E-state index < -0.39 is 29.0 Å². The first-order chi connectivity index (χ1) is 12.9. The van der Waals surface area contributed by atoms with Crippen LogP contribution in [0.25, 0.3) is 0 Å². The maximum Gasteiger partial charge on any atom is 0.256 e. The van der Waals surface area contributed by atoms with Crippen molar-refractivity contribution >= 4 is 39.9 Å². The Balaban J connectivity index is 1.84. The number of hydrogen-bond acceptors (Lipinski definition) is 4. The van der Waals surface area contributed by atoms with E-state index in [9.17, 15) is 18.0 Å². The maximum absolute atomic E-state index is 14.4. The van der Waals surface area contributed by atoms with Gasteiger partial charge >= 0.3 is 0 Å².